The van der Waals surface area contributed by atoms with Crippen LogP contribution in [0.4, 0.5) is 0 Å². The monoisotopic (exact) mass is 435 g/mol. The highest BCUT2D eigenvalue weighted by molar-refractivity contribution is 6.22. The van der Waals surface area contributed by atoms with Crippen molar-refractivity contribution >= 4 is 23.6 Å². The number of rotatable bonds is 5. The van der Waals surface area contributed by atoms with Gasteiger partial charge in [0.05, 0.1) is 17.3 Å². The van der Waals surface area contributed by atoms with Gasteiger partial charge in [-0.25, -0.2) is 4.98 Å². The molecule has 1 fully saturated rings. The predicted molar refractivity (Wildman–Crippen MR) is 115 cm³/mol. The third-order valence-corrected chi connectivity index (χ3v) is 5.68. The van der Waals surface area contributed by atoms with Gasteiger partial charge in [-0.1, -0.05) is 13.8 Å². The molecule has 0 aliphatic carbocycles. The van der Waals surface area contributed by atoms with Crippen molar-refractivity contribution in [3.8, 4) is 0 Å². The van der Waals surface area contributed by atoms with Crippen molar-refractivity contribution in [3.05, 3.63) is 59.2 Å². The average molecular weight is 435 g/mol. The van der Waals surface area contributed by atoms with E-state index >= 15 is 0 Å². The highest BCUT2D eigenvalue weighted by Crippen LogP contribution is 2.25. The van der Waals surface area contributed by atoms with Gasteiger partial charge in [-0.05, 0) is 37.0 Å². The van der Waals surface area contributed by atoms with E-state index in [2.05, 4.69) is 15.3 Å². The maximum absolute atomic E-state index is 12.8. The summed E-state index contributed by atoms with van der Waals surface area (Å²) in [6, 6.07) is 4.53. The Bertz CT molecular complexity index is 1060. The number of likely N-dealkylation sites (tertiary alicyclic amines) is 1. The van der Waals surface area contributed by atoms with Crippen LogP contribution < -0.4 is 5.32 Å². The first-order valence-electron chi connectivity index (χ1n) is 10.7. The molecule has 1 saturated heterocycles. The molecule has 4 rings (SSSR count). The minimum absolute atomic E-state index is 0.0866. The zero-order chi connectivity index (χ0) is 22.8. The molecule has 9 nitrogen and oxygen atoms in total. The first-order chi connectivity index (χ1) is 15.3. The van der Waals surface area contributed by atoms with Crippen molar-refractivity contribution in [2.24, 2.45) is 5.92 Å². The fraction of sp³-hybridized carbons (Fsp3) is 0.391. The lowest BCUT2D eigenvalue weighted by Gasteiger charge is -2.32. The van der Waals surface area contributed by atoms with Gasteiger partial charge in [0, 0.05) is 43.6 Å². The van der Waals surface area contributed by atoms with Crippen molar-refractivity contribution < 1.29 is 19.2 Å². The van der Waals surface area contributed by atoms with Crippen molar-refractivity contribution in [2.75, 3.05) is 19.6 Å². The maximum atomic E-state index is 12.8. The van der Waals surface area contributed by atoms with Crippen LogP contribution in [-0.2, 0) is 0 Å². The van der Waals surface area contributed by atoms with Crippen molar-refractivity contribution in [1.82, 2.24) is 25.1 Å². The van der Waals surface area contributed by atoms with Crippen LogP contribution in [0.3, 0.4) is 0 Å². The number of aromatic nitrogens is 2. The third kappa shape index (κ3) is 4.23. The molecule has 166 valence electrons. The second-order valence-electron chi connectivity index (χ2n) is 8.51. The number of benzene rings is 1. The number of fused-ring (bicyclic) bond motifs is 1. The molecule has 0 atom stereocenters. The standard InChI is InChI=1S/C23H25N5O4/c1-14(2)13-28-21(30)17-4-3-15(11-18(17)22(28)31)20(29)26-16-5-9-27(10-6-16)23(32)19-12-24-7-8-25-19/h3-4,7-8,11-12,14,16H,5-6,9-10,13H2,1-2H3,(H,26,29). The van der Waals surface area contributed by atoms with Gasteiger partial charge in [0.25, 0.3) is 23.6 Å². The smallest absolute Gasteiger partial charge is 0.274 e. The van der Waals surface area contributed by atoms with Gasteiger partial charge in [0.15, 0.2) is 0 Å². The number of carbonyl (C=O) groups excluding carboxylic acids is 4. The summed E-state index contributed by atoms with van der Waals surface area (Å²) < 4.78 is 0. The van der Waals surface area contributed by atoms with Gasteiger partial charge < -0.3 is 10.2 Å². The molecular weight excluding hydrogens is 410 g/mol. The molecule has 2 aliphatic heterocycles. The van der Waals surface area contributed by atoms with Crippen LogP contribution in [0.1, 0.15) is 68.3 Å². The summed E-state index contributed by atoms with van der Waals surface area (Å²) in [5, 5.41) is 2.98. The molecule has 4 amide bonds. The molecular formula is C23H25N5O4. The van der Waals surface area contributed by atoms with Crippen LogP contribution in [-0.4, -0.2) is 69.1 Å². The highest BCUT2D eigenvalue weighted by Gasteiger charge is 2.36. The van der Waals surface area contributed by atoms with Crippen LogP contribution in [0.15, 0.2) is 36.8 Å². The molecule has 2 aliphatic rings. The Morgan fingerprint density at radius 1 is 1.09 bits per heavy atom. The molecule has 2 aromatic rings. The van der Waals surface area contributed by atoms with Gasteiger partial charge in [-0.3, -0.25) is 29.1 Å². The van der Waals surface area contributed by atoms with Crippen LogP contribution in [0, 0.1) is 5.92 Å². The molecule has 0 saturated carbocycles. The molecule has 3 heterocycles. The molecule has 0 unspecified atom stereocenters. The summed E-state index contributed by atoms with van der Waals surface area (Å²) in [4.78, 5) is 61.3. The summed E-state index contributed by atoms with van der Waals surface area (Å²) >= 11 is 0. The maximum Gasteiger partial charge on any atom is 0.274 e. The number of piperidine rings is 1. The summed E-state index contributed by atoms with van der Waals surface area (Å²) in [7, 11) is 0. The van der Waals surface area contributed by atoms with E-state index in [1.807, 2.05) is 13.8 Å². The van der Waals surface area contributed by atoms with E-state index in [9.17, 15) is 19.2 Å². The first-order valence-corrected chi connectivity index (χ1v) is 10.7. The fourth-order valence-electron chi connectivity index (χ4n) is 4.03. The molecule has 0 spiro atoms. The number of imide groups is 1. The summed E-state index contributed by atoms with van der Waals surface area (Å²) in [5.74, 6) is -0.980. The van der Waals surface area contributed by atoms with Gasteiger partial charge in [-0.15, -0.1) is 0 Å². The number of hydrogen-bond acceptors (Lipinski definition) is 6. The fourth-order valence-corrected chi connectivity index (χ4v) is 4.03. The summed E-state index contributed by atoms with van der Waals surface area (Å²) in [6.07, 6.45) is 5.67. The number of carbonyl (C=O) groups is 4. The third-order valence-electron chi connectivity index (χ3n) is 5.68. The summed E-state index contributed by atoms with van der Waals surface area (Å²) in [5.41, 5.74) is 1.25. The second-order valence-corrected chi connectivity index (χ2v) is 8.51. The van der Waals surface area contributed by atoms with Crippen LogP contribution >= 0.6 is 0 Å². The van der Waals surface area contributed by atoms with E-state index in [4.69, 9.17) is 0 Å². The normalized spacial score (nSPS) is 16.5. The predicted octanol–water partition coefficient (Wildman–Crippen LogP) is 1.76. The van der Waals surface area contributed by atoms with Gasteiger partial charge >= 0.3 is 0 Å². The molecule has 1 N–H and O–H groups in total. The lowest BCUT2D eigenvalue weighted by molar-refractivity contribution is 0.0633. The minimum Gasteiger partial charge on any atom is -0.349 e. The Morgan fingerprint density at radius 3 is 2.47 bits per heavy atom. The quantitative estimate of drug-likeness (QED) is 0.716. The topological polar surface area (TPSA) is 113 Å². The van der Waals surface area contributed by atoms with Crippen molar-refractivity contribution in [1.29, 1.82) is 0 Å². The van der Waals surface area contributed by atoms with E-state index in [0.29, 0.717) is 49.3 Å². The van der Waals surface area contributed by atoms with Gasteiger partial charge in [0.2, 0.25) is 0 Å². The highest BCUT2D eigenvalue weighted by atomic mass is 16.2. The average Bonchev–Trinajstić information content (AvgIpc) is 3.03. The second kappa shape index (κ2) is 8.86. The first kappa shape index (κ1) is 21.6. The zero-order valence-electron chi connectivity index (χ0n) is 18.1. The molecule has 32 heavy (non-hydrogen) atoms. The minimum atomic E-state index is -0.357. The number of amides is 4. The number of nitrogens with one attached hydrogen (secondary N) is 1. The lowest BCUT2D eigenvalue weighted by atomic mass is 10.0. The largest absolute Gasteiger partial charge is 0.349 e. The van der Waals surface area contributed by atoms with E-state index in [-0.39, 0.29) is 41.2 Å². The van der Waals surface area contributed by atoms with Crippen molar-refractivity contribution in [2.45, 2.75) is 32.7 Å². The van der Waals surface area contributed by atoms with E-state index < -0.39 is 0 Å². The Morgan fingerprint density at radius 2 is 1.81 bits per heavy atom. The van der Waals surface area contributed by atoms with Crippen LogP contribution in [0.25, 0.3) is 0 Å². The molecule has 1 aromatic carbocycles. The van der Waals surface area contributed by atoms with E-state index in [0.717, 1.165) is 0 Å². The van der Waals surface area contributed by atoms with Gasteiger partial charge in [-0.2, -0.15) is 0 Å². The van der Waals surface area contributed by atoms with E-state index in [1.54, 1.807) is 17.0 Å². The van der Waals surface area contributed by atoms with E-state index in [1.165, 1.54) is 29.6 Å². The van der Waals surface area contributed by atoms with Gasteiger partial charge in [0.1, 0.15) is 5.69 Å². The SMILES string of the molecule is CC(C)CN1C(=O)c2ccc(C(=O)NC3CCN(C(=O)c4cnccn4)CC3)cc2C1=O. The Kier molecular flexibility index (Phi) is 5.98. The molecule has 9 heteroatoms. The number of hydrogen-bond donors (Lipinski definition) is 1. The lowest BCUT2D eigenvalue weighted by Crippen LogP contribution is -2.46. The summed E-state index contributed by atoms with van der Waals surface area (Å²) in [6.45, 7) is 5.23. The molecule has 1 aromatic heterocycles. The Balaban J connectivity index is 1.37. The van der Waals surface area contributed by atoms with Crippen LogP contribution in [0.5, 0.6) is 0 Å². The zero-order valence-corrected chi connectivity index (χ0v) is 18.1. The number of nitrogens with zero attached hydrogens (tertiary/aromatic N) is 4. The van der Waals surface area contributed by atoms with Crippen molar-refractivity contribution in [3.63, 3.8) is 0 Å². The Hall–Kier alpha value is -3.62. The van der Waals surface area contributed by atoms with Crippen LogP contribution in [0.2, 0.25) is 0 Å². The Labute approximate surface area is 185 Å². The molecule has 0 radical (unpaired) electrons. The molecule has 0 bridgehead atoms.